The number of pyridine rings is 2. The van der Waals surface area contributed by atoms with Crippen molar-refractivity contribution in [3.63, 3.8) is 0 Å². The number of aromatic nitrogens is 2. The van der Waals surface area contributed by atoms with Gasteiger partial charge in [-0.1, -0.05) is 55.7 Å². The van der Waals surface area contributed by atoms with Crippen LogP contribution in [0.5, 0.6) is 0 Å². The number of hydrogen-bond acceptors (Lipinski definition) is 3. The van der Waals surface area contributed by atoms with Crippen LogP contribution in [0, 0.1) is 0 Å². The third-order valence-electron chi connectivity index (χ3n) is 6.61. The van der Waals surface area contributed by atoms with Crippen molar-refractivity contribution in [1.29, 1.82) is 0 Å². The van der Waals surface area contributed by atoms with Crippen molar-refractivity contribution in [3.05, 3.63) is 84.7 Å². The summed E-state index contributed by atoms with van der Waals surface area (Å²) in [7, 11) is 0. The van der Waals surface area contributed by atoms with Crippen molar-refractivity contribution in [1.82, 2.24) is 9.97 Å². The molecule has 0 radical (unpaired) electrons. The van der Waals surface area contributed by atoms with E-state index in [2.05, 4.69) is 65.6 Å². The lowest BCUT2D eigenvalue weighted by Gasteiger charge is -2.22. The monoisotopic (exact) mass is 420 g/mol. The number of fused-ring (bicyclic) bond motifs is 3. The molecule has 3 heteroatoms. The third kappa shape index (κ3) is 3.34. The van der Waals surface area contributed by atoms with Crippen molar-refractivity contribution in [2.24, 2.45) is 0 Å². The van der Waals surface area contributed by atoms with Gasteiger partial charge in [-0.2, -0.15) is 0 Å². The Kier molecular flexibility index (Phi) is 4.77. The first kappa shape index (κ1) is 18.7. The van der Waals surface area contributed by atoms with Gasteiger partial charge in [0.05, 0.1) is 5.69 Å². The lowest BCUT2D eigenvalue weighted by molar-refractivity contribution is 0.443. The maximum atomic E-state index is 4.85. The van der Waals surface area contributed by atoms with Crippen molar-refractivity contribution < 1.29 is 0 Å². The number of thiophene rings is 1. The highest BCUT2D eigenvalue weighted by Crippen LogP contribution is 2.44. The average molecular weight is 421 g/mol. The van der Waals surface area contributed by atoms with E-state index in [9.17, 15) is 0 Å². The van der Waals surface area contributed by atoms with Crippen LogP contribution in [0.1, 0.15) is 43.6 Å². The molecule has 2 aromatic carbocycles. The first-order chi connectivity index (χ1) is 15.4. The summed E-state index contributed by atoms with van der Waals surface area (Å²) in [5.74, 6) is 0.672. The Balaban J connectivity index is 1.61. The lowest BCUT2D eigenvalue weighted by atomic mass is 9.83. The molecule has 152 valence electrons. The summed E-state index contributed by atoms with van der Waals surface area (Å²) in [6, 6.07) is 24.1. The summed E-state index contributed by atoms with van der Waals surface area (Å²) < 4.78 is 1.28. The Morgan fingerprint density at radius 3 is 2.52 bits per heavy atom. The van der Waals surface area contributed by atoms with Crippen LogP contribution in [-0.2, 0) is 0 Å². The summed E-state index contributed by atoms with van der Waals surface area (Å²) in [4.78, 5) is 10.6. The zero-order valence-corrected chi connectivity index (χ0v) is 18.2. The van der Waals surface area contributed by atoms with Crippen LogP contribution in [0.4, 0.5) is 0 Å². The van der Waals surface area contributed by atoms with Gasteiger partial charge in [-0.25, -0.2) is 4.98 Å². The van der Waals surface area contributed by atoms with Gasteiger partial charge in [-0.05, 0) is 60.2 Å². The van der Waals surface area contributed by atoms with Crippen molar-refractivity contribution in [2.75, 3.05) is 0 Å². The first-order valence-electron chi connectivity index (χ1n) is 11.2. The Hall–Kier alpha value is -3.04. The summed E-state index contributed by atoms with van der Waals surface area (Å²) >= 11 is 1.77. The molecule has 0 atom stereocenters. The van der Waals surface area contributed by atoms with Gasteiger partial charge in [-0.3, -0.25) is 4.98 Å². The molecule has 6 rings (SSSR count). The van der Waals surface area contributed by atoms with Crippen LogP contribution in [0.15, 0.2) is 79.1 Å². The van der Waals surface area contributed by atoms with E-state index >= 15 is 0 Å². The van der Waals surface area contributed by atoms with E-state index in [1.165, 1.54) is 69.8 Å². The predicted octanol–water partition coefficient (Wildman–Crippen LogP) is 8.23. The zero-order chi connectivity index (χ0) is 20.6. The molecule has 2 nitrogen and oxygen atoms in total. The molecule has 31 heavy (non-hydrogen) atoms. The number of hydrogen-bond donors (Lipinski definition) is 0. The second-order valence-corrected chi connectivity index (χ2v) is 9.53. The largest absolute Gasteiger partial charge is 0.256 e. The molecule has 0 spiro atoms. The fourth-order valence-corrected chi connectivity index (χ4v) is 6.16. The number of benzene rings is 2. The minimum Gasteiger partial charge on any atom is -0.256 e. The van der Waals surface area contributed by atoms with E-state index in [-0.39, 0.29) is 0 Å². The molecular formula is C28H24N2S. The van der Waals surface area contributed by atoms with Crippen molar-refractivity contribution >= 4 is 31.6 Å². The first-order valence-corrected chi connectivity index (χ1v) is 12.0. The van der Waals surface area contributed by atoms with Crippen LogP contribution in [0.2, 0.25) is 0 Å². The highest BCUT2D eigenvalue weighted by atomic mass is 32.1. The Morgan fingerprint density at radius 1 is 0.774 bits per heavy atom. The molecule has 1 aliphatic carbocycles. The second-order valence-electron chi connectivity index (χ2n) is 8.49. The topological polar surface area (TPSA) is 25.8 Å². The van der Waals surface area contributed by atoms with Crippen LogP contribution in [-0.4, -0.2) is 9.97 Å². The molecular weight excluding hydrogens is 396 g/mol. The smallest absolute Gasteiger partial charge is 0.124 e. The average Bonchev–Trinajstić information content (AvgIpc) is 3.23. The highest BCUT2D eigenvalue weighted by molar-refractivity contribution is 7.25. The molecule has 0 amide bonds. The summed E-state index contributed by atoms with van der Waals surface area (Å²) in [6.07, 6.45) is 10.6. The van der Waals surface area contributed by atoms with Crippen LogP contribution >= 0.6 is 11.3 Å². The Bertz CT molecular complexity index is 1360. The summed E-state index contributed by atoms with van der Waals surface area (Å²) in [5, 5.41) is 2.52. The molecule has 0 N–H and O–H groups in total. The molecule has 1 aliphatic rings. The SMILES string of the molecule is c1ccc(-c2c(-c3cc(C4CCCCC4)ccn3)ccc3sc4ncccc4c23)cc1. The van der Waals surface area contributed by atoms with Gasteiger partial charge in [0.1, 0.15) is 4.83 Å². The van der Waals surface area contributed by atoms with E-state index in [0.717, 1.165) is 10.5 Å². The van der Waals surface area contributed by atoms with Gasteiger partial charge in [0, 0.05) is 39.0 Å². The number of rotatable bonds is 3. The van der Waals surface area contributed by atoms with Gasteiger partial charge in [-0.15, -0.1) is 11.3 Å². The maximum absolute atomic E-state index is 4.85. The van der Waals surface area contributed by atoms with Crippen molar-refractivity contribution in [3.8, 4) is 22.4 Å². The zero-order valence-electron chi connectivity index (χ0n) is 17.4. The second kappa shape index (κ2) is 7.90. The maximum Gasteiger partial charge on any atom is 0.124 e. The van der Waals surface area contributed by atoms with Gasteiger partial charge in [0.15, 0.2) is 0 Å². The fraction of sp³-hybridized carbons (Fsp3) is 0.214. The summed E-state index contributed by atoms with van der Waals surface area (Å²) in [6.45, 7) is 0. The molecule has 1 fully saturated rings. The Morgan fingerprint density at radius 2 is 1.65 bits per heavy atom. The molecule has 0 unspecified atom stereocenters. The van der Waals surface area contributed by atoms with E-state index in [4.69, 9.17) is 4.98 Å². The van der Waals surface area contributed by atoms with Crippen LogP contribution in [0.3, 0.4) is 0 Å². The quantitative estimate of drug-likeness (QED) is 0.294. The standard InChI is InChI=1S/C28H24N2S/c1-3-8-19(9-4-1)21-15-17-29-24(18-21)22-13-14-25-27(23-12-7-16-30-28(23)31-25)26(22)20-10-5-2-6-11-20/h2,5-7,10-19H,1,3-4,8-9H2. The van der Waals surface area contributed by atoms with Crippen LogP contribution in [0.25, 0.3) is 42.7 Å². The molecule has 5 aromatic rings. The van der Waals surface area contributed by atoms with Crippen LogP contribution < -0.4 is 0 Å². The number of nitrogens with zero attached hydrogens (tertiary/aromatic N) is 2. The molecule has 1 saturated carbocycles. The van der Waals surface area contributed by atoms with Gasteiger partial charge in [0.2, 0.25) is 0 Å². The van der Waals surface area contributed by atoms with E-state index in [1.807, 2.05) is 18.5 Å². The molecule has 0 bridgehead atoms. The van der Waals surface area contributed by atoms with Gasteiger partial charge >= 0.3 is 0 Å². The predicted molar refractivity (Wildman–Crippen MR) is 132 cm³/mol. The van der Waals surface area contributed by atoms with E-state index in [1.54, 1.807) is 11.3 Å². The molecule has 3 aromatic heterocycles. The summed E-state index contributed by atoms with van der Waals surface area (Å²) in [5.41, 5.74) is 6.23. The van der Waals surface area contributed by atoms with Gasteiger partial charge in [0.25, 0.3) is 0 Å². The normalized spacial score (nSPS) is 15.0. The highest BCUT2D eigenvalue weighted by Gasteiger charge is 2.20. The lowest BCUT2D eigenvalue weighted by Crippen LogP contribution is -2.05. The van der Waals surface area contributed by atoms with Gasteiger partial charge < -0.3 is 0 Å². The van der Waals surface area contributed by atoms with Crippen molar-refractivity contribution in [2.45, 2.75) is 38.0 Å². The Labute approximate surface area is 186 Å². The molecule has 0 aliphatic heterocycles. The fourth-order valence-electron chi connectivity index (χ4n) is 5.10. The molecule has 0 saturated heterocycles. The van der Waals surface area contributed by atoms with E-state index in [0.29, 0.717) is 5.92 Å². The minimum absolute atomic E-state index is 0.672. The molecule has 3 heterocycles. The third-order valence-corrected chi connectivity index (χ3v) is 7.69. The minimum atomic E-state index is 0.672. The van der Waals surface area contributed by atoms with E-state index < -0.39 is 0 Å².